The van der Waals surface area contributed by atoms with Gasteiger partial charge in [-0.3, -0.25) is 4.79 Å². The summed E-state index contributed by atoms with van der Waals surface area (Å²) in [6, 6.07) is 14.3. The minimum Gasteiger partial charge on any atom is -0.423 e. The van der Waals surface area contributed by atoms with E-state index in [0.717, 1.165) is 60.3 Å². The van der Waals surface area contributed by atoms with E-state index in [-0.39, 0.29) is 30.1 Å². The average molecular weight is 675 g/mol. The highest BCUT2D eigenvalue weighted by Gasteiger charge is 2.31. The lowest BCUT2D eigenvalue weighted by atomic mass is 9.90. The predicted molar refractivity (Wildman–Crippen MR) is 167 cm³/mol. The van der Waals surface area contributed by atoms with Gasteiger partial charge in [-0.15, -0.1) is 0 Å². The number of nitrogens with one attached hydrogen (secondary N) is 1. The molecule has 1 fully saturated rings. The van der Waals surface area contributed by atoms with Crippen LogP contribution in [0.1, 0.15) is 49.4 Å². The molecule has 7 nitrogen and oxygen atoms in total. The number of carbonyl (C=O) groups excluding carboxylic acids is 1. The molecule has 10 heteroatoms. The number of halogens is 3. The second-order valence-corrected chi connectivity index (χ2v) is 12.2. The maximum atomic E-state index is 14.3. The number of pyridine rings is 1. The molecule has 0 atom stereocenters. The summed E-state index contributed by atoms with van der Waals surface area (Å²) in [4.78, 5) is 31.4. The third-order valence-electron chi connectivity index (χ3n) is 7.69. The largest absolute Gasteiger partial charge is 0.423 e. The summed E-state index contributed by atoms with van der Waals surface area (Å²) < 4.78 is 36.0. The van der Waals surface area contributed by atoms with Gasteiger partial charge in [-0.25, -0.2) is 9.78 Å². The van der Waals surface area contributed by atoms with Crippen molar-refractivity contribution in [1.29, 1.82) is 0 Å². The number of hydrogen-bond donors (Lipinski definition) is 1. The number of benzene rings is 2. The highest BCUT2D eigenvalue weighted by Crippen LogP contribution is 2.38. The van der Waals surface area contributed by atoms with E-state index in [2.05, 4.69) is 36.3 Å². The Morgan fingerprint density at radius 2 is 1.80 bits per heavy atom. The molecular weight excluding hydrogens is 641 g/mol. The van der Waals surface area contributed by atoms with Crippen LogP contribution in [0.4, 0.5) is 20.2 Å². The zero-order valence-corrected chi connectivity index (χ0v) is 25.7. The molecule has 2 aromatic heterocycles. The topological polar surface area (TPSA) is 78.7 Å². The van der Waals surface area contributed by atoms with E-state index in [1.165, 1.54) is 12.1 Å². The van der Waals surface area contributed by atoms with E-state index >= 15 is 0 Å². The van der Waals surface area contributed by atoms with Crippen molar-refractivity contribution in [3.63, 3.8) is 0 Å². The number of nitrogens with zero attached hydrogens (tertiary/aromatic N) is 3. The standard InChI is InChI=1S/C31H33F2IN4O3/c1-18-5-12-25-24(13-18)26(17-28(36-25)31(2,32)33)38(34)21-8-6-20(7-9-21)35-29(39)14-19-15-30(40)41-27-16-22(37(3)4)10-11-23(19)27/h5,10-13,15-17,20-21H,6-9,14H2,1-4H3,(H,35,39). The molecule has 1 aliphatic carbocycles. The van der Waals surface area contributed by atoms with Crippen molar-refractivity contribution >= 4 is 62.0 Å². The summed E-state index contributed by atoms with van der Waals surface area (Å²) >= 11 is 2.23. The minimum atomic E-state index is -3.05. The molecule has 0 unspecified atom stereocenters. The maximum absolute atomic E-state index is 14.3. The Morgan fingerprint density at radius 1 is 1.07 bits per heavy atom. The molecule has 1 amide bonds. The highest BCUT2D eigenvalue weighted by molar-refractivity contribution is 14.1. The van der Waals surface area contributed by atoms with Gasteiger partial charge >= 0.3 is 5.63 Å². The van der Waals surface area contributed by atoms with Gasteiger partial charge in [0.1, 0.15) is 11.3 Å². The van der Waals surface area contributed by atoms with E-state index in [1.54, 1.807) is 12.1 Å². The Balaban J connectivity index is 1.27. The van der Waals surface area contributed by atoms with Gasteiger partial charge in [0, 0.05) is 61.7 Å². The van der Waals surface area contributed by atoms with Crippen molar-refractivity contribution < 1.29 is 18.0 Å². The van der Waals surface area contributed by atoms with Crippen molar-refractivity contribution in [2.45, 2.75) is 64.0 Å². The summed E-state index contributed by atoms with van der Waals surface area (Å²) in [5.41, 5.74) is 3.58. The second kappa shape index (κ2) is 11.5. The van der Waals surface area contributed by atoms with E-state index in [9.17, 15) is 18.4 Å². The van der Waals surface area contributed by atoms with E-state index in [1.807, 2.05) is 50.2 Å². The van der Waals surface area contributed by atoms with E-state index in [0.29, 0.717) is 16.7 Å². The van der Waals surface area contributed by atoms with Gasteiger partial charge < -0.3 is 17.7 Å². The van der Waals surface area contributed by atoms with Crippen molar-refractivity contribution in [3.05, 3.63) is 75.8 Å². The summed E-state index contributed by atoms with van der Waals surface area (Å²) in [5.74, 6) is -3.19. The molecule has 2 heterocycles. The highest BCUT2D eigenvalue weighted by atomic mass is 127. The number of alkyl halides is 2. The van der Waals surface area contributed by atoms with Crippen LogP contribution in [0.15, 0.2) is 57.7 Å². The number of aryl methyl sites for hydroxylation is 1. The van der Waals surface area contributed by atoms with Gasteiger partial charge in [0.15, 0.2) is 0 Å². The number of carbonyl (C=O) groups is 1. The molecule has 1 aliphatic rings. The third-order valence-corrected chi connectivity index (χ3v) is 8.99. The molecule has 216 valence electrons. The molecule has 2 aromatic carbocycles. The van der Waals surface area contributed by atoms with Crippen LogP contribution in [0, 0.1) is 6.92 Å². The molecule has 0 bridgehead atoms. The fraction of sp³-hybridized carbons (Fsp3) is 0.387. The quantitative estimate of drug-likeness (QED) is 0.134. The van der Waals surface area contributed by atoms with Crippen molar-refractivity contribution in [3.8, 4) is 0 Å². The number of amides is 1. The van der Waals surface area contributed by atoms with Crippen LogP contribution in [0.5, 0.6) is 0 Å². The Morgan fingerprint density at radius 3 is 2.49 bits per heavy atom. The first-order valence-electron chi connectivity index (χ1n) is 13.7. The summed E-state index contributed by atoms with van der Waals surface area (Å²) in [5, 5.41) is 4.73. The smallest absolute Gasteiger partial charge is 0.336 e. The molecule has 0 aliphatic heterocycles. The van der Waals surface area contributed by atoms with Crippen LogP contribution in [-0.2, 0) is 17.1 Å². The summed E-state index contributed by atoms with van der Waals surface area (Å²) in [6.07, 6.45) is 3.20. The fourth-order valence-electron chi connectivity index (χ4n) is 5.46. The third kappa shape index (κ3) is 6.47. The SMILES string of the molecule is Cc1ccc2nc(C(C)(F)F)cc(N(I)C3CCC(NC(=O)Cc4cc(=O)oc5cc(N(C)C)ccc45)CC3)c2c1. The van der Waals surface area contributed by atoms with Crippen LogP contribution in [0.3, 0.4) is 0 Å². The number of hydrogen-bond acceptors (Lipinski definition) is 6. The Hall–Kier alpha value is -3.28. The molecule has 0 spiro atoms. The summed E-state index contributed by atoms with van der Waals surface area (Å²) in [7, 11) is 3.81. The number of rotatable bonds is 7. The zero-order valence-electron chi connectivity index (χ0n) is 23.5. The first kappa shape index (κ1) is 29.2. The van der Waals surface area contributed by atoms with Gasteiger partial charge in [-0.05, 0) is 68.5 Å². The minimum absolute atomic E-state index is 0.00208. The zero-order chi connectivity index (χ0) is 29.5. The van der Waals surface area contributed by atoms with Gasteiger partial charge in [0.2, 0.25) is 5.91 Å². The molecule has 1 N–H and O–H groups in total. The fourth-order valence-corrected chi connectivity index (χ4v) is 6.42. The normalized spacial score (nSPS) is 17.5. The first-order chi connectivity index (χ1) is 19.4. The first-order valence-corrected chi connectivity index (χ1v) is 14.6. The number of aromatic nitrogens is 1. The lowest BCUT2D eigenvalue weighted by Crippen LogP contribution is -2.42. The Labute approximate surface area is 251 Å². The van der Waals surface area contributed by atoms with Crippen LogP contribution in [-0.4, -0.2) is 37.1 Å². The van der Waals surface area contributed by atoms with Gasteiger partial charge in [-0.2, -0.15) is 8.78 Å². The van der Waals surface area contributed by atoms with Gasteiger partial charge in [0.25, 0.3) is 5.92 Å². The number of anilines is 2. The van der Waals surface area contributed by atoms with Crippen molar-refractivity contribution in [2.75, 3.05) is 22.1 Å². The second-order valence-electron chi connectivity index (χ2n) is 11.2. The van der Waals surface area contributed by atoms with E-state index < -0.39 is 11.5 Å². The van der Waals surface area contributed by atoms with Crippen LogP contribution >= 0.6 is 22.9 Å². The molecule has 1 saturated carbocycles. The monoisotopic (exact) mass is 674 g/mol. The van der Waals surface area contributed by atoms with E-state index in [4.69, 9.17) is 4.42 Å². The average Bonchev–Trinajstić information content (AvgIpc) is 2.91. The summed E-state index contributed by atoms with van der Waals surface area (Å²) in [6.45, 7) is 2.85. The van der Waals surface area contributed by atoms with Gasteiger partial charge in [-0.1, -0.05) is 11.6 Å². The molecule has 0 radical (unpaired) electrons. The lowest BCUT2D eigenvalue weighted by molar-refractivity contribution is -0.121. The maximum Gasteiger partial charge on any atom is 0.336 e. The molecule has 5 rings (SSSR count). The molecule has 0 saturated heterocycles. The van der Waals surface area contributed by atoms with Crippen LogP contribution < -0.4 is 19.0 Å². The Kier molecular flexibility index (Phi) is 8.22. The molecule has 4 aromatic rings. The number of fused-ring (bicyclic) bond motifs is 2. The Bertz CT molecular complexity index is 1660. The molecular formula is C31H33F2IN4O3. The van der Waals surface area contributed by atoms with Crippen molar-refractivity contribution in [1.82, 2.24) is 10.3 Å². The van der Waals surface area contributed by atoms with Crippen LogP contribution in [0.2, 0.25) is 0 Å². The van der Waals surface area contributed by atoms with Crippen molar-refractivity contribution in [2.24, 2.45) is 0 Å². The lowest BCUT2D eigenvalue weighted by Gasteiger charge is -2.35. The van der Waals surface area contributed by atoms with Crippen LogP contribution in [0.25, 0.3) is 21.9 Å². The van der Waals surface area contributed by atoms with Gasteiger partial charge in [0.05, 0.1) is 40.5 Å². The predicted octanol–water partition coefficient (Wildman–Crippen LogP) is 6.65. The molecule has 41 heavy (non-hydrogen) atoms.